The molecule has 98 valence electrons. The maximum Gasteiger partial charge on any atom is 0.440 e. The van der Waals surface area contributed by atoms with E-state index in [4.69, 9.17) is 0 Å². The number of hydrogen-bond donors (Lipinski definition) is 0. The van der Waals surface area contributed by atoms with Gasteiger partial charge in [0.25, 0.3) is 0 Å². The maximum absolute atomic E-state index is 11.2. The van der Waals surface area contributed by atoms with Crippen molar-refractivity contribution >= 4 is 23.3 Å². The van der Waals surface area contributed by atoms with Crippen molar-refractivity contribution in [2.24, 2.45) is 0 Å². The van der Waals surface area contributed by atoms with E-state index in [0.717, 1.165) is 6.29 Å². The third-order valence-electron chi connectivity index (χ3n) is 2.99. The van der Waals surface area contributed by atoms with E-state index < -0.39 is 4.92 Å². The predicted molar refractivity (Wildman–Crippen MR) is 73.1 cm³/mol. The number of hydrogen-bond acceptors (Lipinski definition) is 4. The maximum atomic E-state index is 11.2. The summed E-state index contributed by atoms with van der Waals surface area (Å²) in [5, 5.41) is 11.2. The Morgan fingerprint density at radius 3 is 2.45 bits per heavy atom. The van der Waals surface area contributed by atoms with Crippen molar-refractivity contribution < 1.29 is 9.72 Å². The van der Waals surface area contributed by atoms with Gasteiger partial charge in [0.2, 0.25) is 0 Å². The van der Waals surface area contributed by atoms with Crippen LogP contribution < -0.4 is 0 Å². The summed E-state index contributed by atoms with van der Waals surface area (Å²) in [5.74, 6) is -0.245. The van der Waals surface area contributed by atoms with Gasteiger partial charge in [-0.2, -0.15) is 4.57 Å². The fraction of sp³-hybridized carbons (Fsp3) is 0. The van der Waals surface area contributed by atoms with Crippen molar-refractivity contribution in [2.45, 2.75) is 0 Å². The zero-order valence-corrected chi connectivity index (χ0v) is 10.3. The van der Waals surface area contributed by atoms with Crippen LogP contribution in [-0.2, 0) is 0 Å². The lowest BCUT2D eigenvalue weighted by Crippen LogP contribution is -2.01. The number of imidazole rings is 1. The molecule has 0 bridgehead atoms. The molecule has 2 aromatic carbocycles. The largest absolute Gasteiger partial charge is 0.440 e. The highest BCUT2D eigenvalue weighted by molar-refractivity contribution is 5.80. The molecule has 0 aliphatic rings. The highest BCUT2D eigenvalue weighted by Crippen LogP contribution is 2.25. The van der Waals surface area contributed by atoms with Crippen LogP contribution in [-0.4, -0.2) is 20.8 Å². The minimum absolute atomic E-state index is 0.245. The minimum Gasteiger partial charge on any atom is -0.390 e. The first-order valence-corrected chi connectivity index (χ1v) is 5.88. The van der Waals surface area contributed by atoms with Gasteiger partial charge in [-0.25, -0.2) is 0 Å². The van der Waals surface area contributed by atoms with Crippen LogP contribution in [0.25, 0.3) is 16.7 Å². The smallest absolute Gasteiger partial charge is 0.390 e. The molecule has 0 atom stereocenters. The molecule has 0 saturated carbocycles. The zero-order valence-electron chi connectivity index (χ0n) is 10.3. The van der Waals surface area contributed by atoms with Crippen molar-refractivity contribution in [1.29, 1.82) is 0 Å². The van der Waals surface area contributed by atoms with Crippen LogP contribution in [0.1, 0.15) is 10.4 Å². The van der Waals surface area contributed by atoms with Gasteiger partial charge in [-0.1, -0.05) is 17.1 Å². The van der Waals surface area contributed by atoms with Crippen LogP contribution in [0.5, 0.6) is 0 Å². The number of nitrogens with zero attached hydrogens (tertiary/aromatic N) is 3. The van der Waals surface area contributed by atoms with E-state index in [9.17, 15) is 14.9 Å². The zero-order chi connectivity index (χ0) is 14.1. The number of fused-ring (bicyclic) bond motifs is 1. The van der Waals surface area contributed by atoms with Gasteiger partial charge < -0.3 is 10.1 Å². The summed E-state index contributed by atoms with van der Waals surface area (Å²) >= 11 is 0. The van der Waals surface area contributed by atoms with Gasteiger partial charge in [0, 0.05) is 5.56 Å². The van der Waals surface area contributed by atoms with E-state index in [-0.39, 0.29) is 5.95 Å². The number of aromatic nitrogens is 2. The Morgan fingerprint density at radius 1 is 1.10 bits per heavy atom. The lowest BCUT2D eigenvalue weighted by molar-refractivity contribution is -0.395. The molecule has 0 aliphatic carbocycles. The first kappa shape index (κ1) is 12.0. The summed E-state index contributed by atoms with van der Waals surface area (Å²) in [6.45, 7) is 0. The number of rotatable bonds is 3. The second-order valence-electron chi connectivity index (χ2n) is 4.20. The minimum atomic E-state index is -0.520. The molecule has 0 radical (unpaired) electrons. The third kappa shape index (κ3) is 1.83. The number of carbonyl (C=O) groups is 1. The SMILES string of the molecule is O=Cc1ccc(-n2c([N+](=O)[O-])nc3ccccc32)cc1. The Balaban J connectivity index is 2.29. The molecular formula is C14H9N3O3. The molecule has 1 heterocycles. The summed E-state index contributed by atoms with van der Waals surface area (Å²) in [7, 11) is 0. The topological polar surface area (TPSA) is 78.0 Å². The lowest BCUT2D eigenvalue weighted by atomic mass is 10.2. The Morgan fingerprint density at radius 2 is 1.80 bits per heavy atom. The molecule has 6 nitrogen and oxygen atoms in total. The van der Waals surface area contributed by atoms with Crippen LogP contribution in [0.4, 0.5) is 5.95 Å². The lowest BCUT2D eigenvalue weighted by Gasteiger charge is -2.02. The van der Waals surface area contributed by atoms with E-state index in [0.29, 0.717) is 22.3 Å². The highest BCUT2D eigenvalue weighted by Gasteiger charge is 2.22. The standard InChI is InChI=1S/C14H9N3O3/c18-9-10-5-7-11(8-6-10)16-13-4-2-1-3-12(13)15-14(16)17(19)20/h1-9H. The fourth-order valence-electron chi connectivity index (χ4n) is 2.09. The third-order valence-corrected chi connectivity index (χ3v) is 2.99. The van der Waals surface area contributed by atoms with E-state index in [1.807, 2.05) is 0 Å². The second kappa shape index (κ2) is 4.58. The van der Waals surface area contributed by atoms with Crippen LogP contribution in [0, 0.1) is 10.1 Å². The molecule has 0 N–H and O–H groups in total. The van der Waals surface area contributed by atoms with Crippen molar-refractivity contribution in [1.82, 2.24) is 9.55 Å². The van der Waals surface area contributed by atoms with Gasteiger partial charge in [0.15, 0.2) is 11.0 Å². The molecule has 3 aromatic rings. The molecule has 6 heteroatoms. The van der Waals surface area contributed by atoms with Crippen LogP contribution in [0.2, 0.25) is 0 Å². The van der Waals surface area contributed by atoms with Gasteiger partial charge in [0.1, 0.15) is 12.0 Å². The predicted octanol–water partition coefficient (Wildman–Crippen LogP) is 2.75. The second-order valence-corrected chi connectivity index (χ2v) is 4.20. The summed E-state index contributed by atoms with van der Waals surface area (Å²) in [6.07, 6.45) is 0.726. The average molecular weight is 267 g/mol. The summed E-state index contributed by atoms with van der Waals surface area (Å²) in [5.41, 5.74) is 2.31. The van der Waals surface area contributed by atoms with E-state index in [1.54, 1.807) is 48.5 Å². The molecular weight excluding hydrogens is 258 g/mol. The van der Waals surface area contributed by atoms with Gasteiger partial charge in [0.05, 0.1) is 0 Å². The summed E-state index contributed by atoms with van der Waals surface area (Å²) in [6, 6.07) is 13.6. The molecule has 0 fully saturated rings. The molecule has 0 saturated heterocycles. The number of benzene rings is 2. The first-order chi connectivity index (χ1) is 9.70. The van der Waals surface area contributed by atoms with E-state index >= 15 is 0 Å². The Kier molecular flexibility index (Phi) is 2.76. The van der Waals surface area contributed by atoms with Crippen molar-refractivity contribution in [3.63, 3.8) is 0 Å². The van der Waals surface area contributed by atoms with Gasteiger partial charge in [-0.15, -0.1) is 0 Å². The summed E-state index contributed by atoms with van der Waals surface area (Å²) < 4.78 is 1.46. The van der Waals surface area contributed by atoms with Crippen LogP contribution in [0.3, 0.4) is 0 Å². The molecule has 20 heavy (non-hydrogen) atoms. The Hall–Kier alpha value is -3.02. The summed E-state index contributed by atoms with van der Waals surface area (Å²) in [4.78, 5) is 25.3. The van der Waals surface area contributed by atoms with Crippen LogP contribution >= 0.6 is 0 Å². The fourth-order valence-corrected chi connectivity index (χ4v) is 2.09. The Labute approximate surface area is 113 Å². The average Bonchev–Trinajstić information content (AvgIpc) is 2.87. The van der Waals surface area contributed by atoms with Gasteiger partial charge >= 0.3 is 5.95 Å². The van der Waals surface area contributed by atoms with Gasteiger partial charge in [-0.05, 0) is 41.3 Å². The molecule has 1 aromatic heterocycles. The van der Waals surface area contributed by atoms with E-state index in [2.05, 4.69) is 4.98 Å². The highest BCUT2D eigenvalue weighted by atomic mass is 16.6. The van der Waals surface area contributed by atoms with Crippen molar-refractivity contribution in [3.05, 3.63) is 64.2 Å². The van der Waals surface area contributed by atoms with E-state index in [1.165, 1.54) is 4.57 Å². The van der Waals surface area contributed by atoms with Crippen LogP contribution in [0.15, 0.2) is 48.5 Å². The molecule has 0 amide bonds. The number of nitro groups is 1. The van der Waals surface area contributed by atoms with Gasteiger partial charge in [-0.3, -0.25) is 4.79 Å². The van der Waals surface area contributed by atoms with Crippen molar-refractivity contribution in [3.8, 4) is 5.69 Å². The van der Waals surface area contributed by atoms with Crippen molar-refractivity contribution in [2.75, 3.05) is 0 Å². The quantitative estimate of drug-likeness (QED) is 0.415. The normalized spacial score (nSPS) is 10.6. The molecule has 0 spiro atoms. The monoisotopic (exact) mass is 267 g/mol. The molecule has 3 rings (SSSR count). The molecule has 0 unspecified atom stereocenters. The number of aldehydes is 1. The first-order valence-electron chi connectivity index (χ1n) is 5.88. The Bertz CT molecular complexity index is 806. The molecule has 0 aliphatic heterocycles. The number of para-hydroxylation sites is 2. The number of carbonyl (C=O) groups excluding carboxylic acids is 1.